The van der Waals surface area contributed by atoms with Gasteiger partial charge in [-0.05, 0) is 39.3 Å². The molecule has 0 bridgehead atoms. The molecule has 0 aliphatic rings. The number of nitrogens with zero attached hydrogens (tertiary/aromatic N) is 2. The van der Waals surface area contributed by atoms with Crippen LogP contribution < -0.4 is 15.4 Å². The number of nitrogens with one attached hydrogen (secondary N) is 2. The van der Waals surface area contributed by atoms with Crippen molar-refractivity contribution in [2.75, 3.05) is 46.5 Å². The van der Waals surface area contributed by atoms with Gasteiger partial charge in [-0.2, -0.15) is 0 Å². The van der Waals surface area contributed by atoms with Crippen molar-refractivity contribution in [2.45, 2.75) is 40.7 Å². The molecule has 0 aliphatic carbocycles. The Morgan fingerprint density at radius 3 is 2.48 bits per heavy atom. The molecule has 7 nitrogen and oxygen atoms in total. The number of amides is 1. The van der Waals surface area contributed by atoms with E-state index in [0.717, 1.165) is 36.5 Å². The highest BCUT2D eigenvalue weighted by Gasteiger charge is 2.09. The number of guanidine groups is 1. The van der Waals surface area contributed by atoms with Crippen molar-refractivity contribution < 1.29 is 14.3 Å². The van der Waals surface area contributed by atoms with Gasteiger partial charge in [-0.1, -0.05) is 12.1 Å². The molecule has 166 valence electrons. The molecular formula is C21H37IN4O3. The Hall–Kier alpha value is -1.55. The molecule has 1 aromatic carbocycles. The van der Waals surface area contributed by atoms with E-state index in [1.54, 1.807) is 7.11 Å². The van der Waals surface area contributed by atoms with Crippen molar-refractivity contribution in [2.24, 2.45) is 4.99 Å². The van der Waals surface area contributed by atoms with Gasteiger partial charge in [0.15, 0.2) is 5.96 Å². The van der Waals surface area contributed by atoms with Crippen molar-refractivity contribution in [3.05, 3.63) is 29.3 Å². The van der Waals surface area contributed by atoms with Gasteiger partial charge in [0, 0.05) is 45.3 Å². The number of aliphatic imine (C=N–C) groups is 1. The molecule has 0 aromatic heterocycles. The van der Waals surface area contributed by atoms with Crippen LogP contribution in [0.5, 0.6) is 5.75 Å². The van der Waals surface area contributed by atoms with Crippen molar-refractivity contribution >= 4 is 35.8 Å². The van der Waals surface area contributed by atoms with Crippen molar-refractivity contribution in [1.82, 2.24) is 15.5 Å². The van der Waals surface area contributed by atoms with Crippen molar-refractivity contribution in [3.8, 4) is 5.75 Å². The van der Waals surface area contributed by atoms with Gasteiger partial charge in [-0.25, -0.2) is 4.99 Å². The number of carbonyl (C=O) groups is 1. The molecule has 1 rings (SSSR count). The second-order valence-corrected chi connectivity index (χ2v) is 6.39. The number of ether oxygens (including phenoxy) is 2. The summed E-state index contributed by atoms with van der Waals surface area (Å²) in [4.78, 5) is 18.6. The first-order chi connectivity index (χ1) is 13.5. The van der Waals surface area contributed by atoms with Gasteiger partial charge in [0.1, 0.15) is 12.4 Å². The zero-order valence-electron chi connectivity index (χ0n) is 18.4. The number of rotatable bonds is 12. The first-order valence-corrected chi connectivity index (χ1v) is 10.1. The zero-order valence-corrected chi connectivity index (χ0v) is 20.7. The Morgan fingerprint density at radius 1 is 1.14 bits per heavy atom. The highest BCUT2D eigenvalue weighted by molar-refractivity contribution is 14.0. The van der Waals surface area contributed by atoms with Gasteiger partial charge in [0.2, 0.25) is 5.91 Å². The van der Waals surface area contributed by atoms with Crippen LogP contribution in [-0.4, -0.2) is 63.3 Å². The van der Waals surface area contributed by atoms with Crippen LogP contribution in [0.3, 0.4) is 0 Å². The maximum absolute atomic E-state index is 12.1. The second-order valence-electron chi connectivity index (χ2n) is 6.39. The molecule has 0 unspecified atom stereocenters. The number of hydrogen-bond donors (Lipinski definition) is 2. The SMILES string of the molecule is CCNC(=NCc1ccc(C)cc1OCCOC)NCCC(=O)N(CC)CC.I. The molecule has 0 saturated carbocycles. The first-order valence-electron chi connectivity index (χ1n) is 10.1. The van der Waals surface area contributed by atoms with Gasteiger partial charge < -0.3 is 25.0 Å². The summed E-state index contributed by atoms with van der Waals surface area (Å²) in [7, 11) is 1.66. The monoisotopic (exact) mass is 520 g/mol. The van der Waals surface area contributed by atoms with Crippen LogP contribution in [0, 0.1) is 6.92 Å². The van der Waals surface area contributed by atoms with Crippen molar-refractivity contribution in [1.29, 1.82) is 0 Å². The van der Waals surface area contributed by atoms with Crippen LogP contribution in [0.4, 0.5) is 0 Å². The van der Waals surface area contributed by atoms with Crippen molar-refractivity contribution in [3.63, 3.8) is 0 Å². The molecule has 1 amide bonds. The van der Waals surface area contributed by atoms with Crippen LogP contribution in [0.25, 0.3) is 0 Å². The fraction of sp³-hybridized carbons (Fsp3) is 0.619. The summed E-state index contributed by atoms with van der Waals surface area (Å²) in [6.45, 7) is 12.4. The number of aryl methyl sites for hydroxylation is 1. The maximum atomic E-state index is 12.1. The highest BCUT2D eigenvalue weighted by Crippen LogP contribution is 2.21. The molecule has 0 fully saturated rings. The van der Waals surface area contributed by atoms with Gasteiger partial charge in [0.25, 0.3) is 0 Å². The minimum Gasteiger partial charge on any atom is -0.491 e. The summed E-state index contributed by atoms with van der Waals surface area (Å²) in [5.41, 5.74) is 2.15. The lowest BCUT2D eigenvalue weighted by Crippen LogP contribution is -2.40. The molecular weight excluding hydrogens is 483 g/mol. The van der Waals surface area contributed by atoms with Gasteiger partial charge in [0.05, 0.1) is 13.2 Å². The molecule has 0 saturated heterocycles. The first kappa shape index (κ1) is 27.5. The molecule has 1 aromatic rings. The zero-order chi connectivity index (χ0) is 20.8. The van der Waals surface area contributed by atoms with Crippen LogP contribution in [-0.2, 0) is 16.1 Å². The summed E-state index contributed by atoms with van der Waals surface area (Å²) >= 11 is 0. The average Bonchev–Trinajstić information content (AvgIpc) is 2.68. The van der Waals surface area contributed by atoms with Gasteiger partial charge in [-0.3, -0.25) is 4.79 Å². The van der Waals surface area contributed by atoms with E-state index in [0.29, 0.717) is 38.7 Å². The summed E-state index contributed by atoms with van der Waals surface area (Å²) < 4.78 is 10.9. The number of benzene rings is 1. The number of hydrogen-bond acceptors (Lipinski definition) is 4. The van der Waals surface area contributed by atoms with E-state index in [9.17, 15) is 4.79 Å². The van der Waals surface area contributed by atoms with E-state index in [-0.39, 0.29) is 29.9 Å². The molecule has 0 aliphatic heterocycles. The minimum absolute atomic E-state index is 0. The smallest absolute Gasteiger partial charge is 0.224 e. The van der Waals surface area contributed by atoms with Crippen LogP contribution in [0.2, 0.25) is 0 Å². The third-order valence-corrected chi connectivity index (χ3v) is 4.27. The lowest BCUT2D eigenvalue weighted by atomic mass is 10.1. The van der Waals surface area contributed by atoms with E-state index in [4.69, 9.17) is 9.47 Å². The number of halogens is 1. The summed E-state index contributed by atoms with van der Waals surface area (Å²) in [6.07, 6.45) is 0.446. The highest BCUT2D eigenvalue weighted by atomic mass is 127. The molecule has 2 N–H and O–H groups in total. The largest absolute Gasteiger partial charge is 0.491 e. The van der Waals surface area contributed by atoms with E-state index < -0.39 is 0 Å². The Balaban J connectivity index is 0.00000784. The van der Waals surface area contributed by atoms with Crippen LogP contribution in [0.15, 0.2) is 23.2 Å². The predicted molar refractivity (Wildman–Crippen MR) is 129 cm³/mol. The Bertz CT molecular complexity index is 622. The summed E-state index contributed by atoms with van der Waals surface area (Å²) in [5, 5.41) is 6.46. The third kappa shape index (κ3) is 10.7. The van der Waals surface area contributed by atoms with Gasteiger partial charge in [-0.15, -0.1) is 24.0 Å². The van der Waals surface area contributed by atoms with Crippen LogP contribution in [0.1, 0.15) is 38.3 Å². The van der Waals surface area contributed by atoms with E-state index in [2.05, 4.69) is 21.7 Å². The standard InChI is InChI=1S/C21H36N4O3.HI/c1-6-22-21(23-12-11-20(26)25(7-2)8-3)24-16-18-10-9-17(4)15-19(18)28-14-13-27-5;/h9-10,15H,6-8,11-14,16H2,1-5H3,(H2,22,23,24);1H. The fourth-order valence-corrected chi connectivity index (χ4v) is 2.69. The number of carbonyl (C=O) groups excluding carboxylic acids is 1. The molecule has 8 heteroatoms. The topological polar surface area (TPSA) is 75.2 Å². The Labute approximate surface area is 192 Å². The maximum Gasteiger partial charge on any atom is 0.224 e. The van der Waals surface area contributed by atoms with Crippen LogP contribution >= 0.6 is 24.0 Å². The third-order valence-electron chi connectivity index (χ3n) is 4.27. The Morgan fingerprint density at radius 2 is 1.86 bits per heavy atom. The van der Waals surface area contributed by atoms with E-state index in [1.807, 2.05) is 44.7 Å². The molecule has 0 radical (unpaired) electrons. The molecule has 0 spiro atoms. The van der Waals surface area contributed by atoms with E-state index >= 15 is 0 Å². The second kappa shape index (κ2) is 16.3. The minimum atomic E-state index is 0. The molecule has 0 heterocycles. The molecule has 0 atom stereocenters. The Kier molecular flexibility index (Phi) is 15.4. The lowest BCUT2D eigenvalue weighted by Gasteiger charge is -2.19. The van der Waals surface area contributed by atoms with Gasteiger partial charge >= 0.3 is 0 Å². The summed E-state index contributed by atoms with van der Waals surface area (Å²) in [5.74, 6) is 1.67. The fourth-order valence-electron chi connectivity index (χ4n) is 2.69. The average molecular weight is 520 g/mol. The van der Waals surface area contributed by atoms with E-state index in [1.165, 1.54) is 0 Å². The predicted octanol–water partition coefficient (Wildman–Crippen LogP) is 2.95. The molecule has 29 heavy (non-hydrogen) atoms. The quantitative estimate of drug-likeness (QED) is 0.192. The summed E-state index contributed by atoms with van der Waals surface area (Å²) in [6, 6.07) is 6.11. The normalized spacial score (nSPS) is 10.9. The lowest BCUT2D eigenvalue weighted by molar-refractivity contribution is -0.130. The number of methoxy groups -OCH3 is 1.